The minimum absolute atomic E-state index is 0.179. The molecule has 152 valence electrons. The van der Waals surface area contributed by atoms with Crippen LogP contribution in [0, 0.1) is 10.1 Å². The predicted molar refractivity (Wildman–Crippen MR) is 67.1 cm³/mol. The van der Waals surface area contributed by atoms with Crippen molar-refractivity contribution in [2.45, 2.75) is 24.2 Å². The van der Waals surface area contributed by atoms with Crippen LogP contribution in [-0.2, 0) is 11.0 Å². The van der Waals surface area contributed by atoms with Gasteiger partial charge in [-0.25, -0.2) is 4.39 Å². The SMILES string of the molecule is Nc1c(NC(=O)C(F)(C(F)(F)F)C(F)(F)F)cc(C(F)(F)F)cc1[N+](=O)[O-]. The number of nitrogens with zero attached hydrogens (tertiary/aromatic N) is 1. The molecule has 0 aliphatic heterocycles. The number of alkyl halides is 10. The third-order valence-electron chi connectivity index (χ3n) is 3.02. The standard InChI is InChI=1S/C11H5F10N3O3/c12-8(10(16,17)18,11(19,20)21)7(25)23-4-1-3(9(13,14)15)2-5(6(4)22)24(26)27/h1-2H,22H2,(H,23,25). The van der Waals surface area contributed by atoms with Crippen molar-refractivity contribution >= 4 is 23.0 Å². The van der Waals surface area contributed by atoms with E-state index >= 15 is 0 Å². The summed E-state index contributed by atoms with van der Waals surface area (Å²) in [6, 6.07) is -0.464. The van der Waals surface area contributed by atoms with Crippen molar-refractivity contribution in [1.29, 1.82) is 0 Å². The van der Waals surface area contributed by atoms with E-state index in [-0.39, 0.29) is 12.1 Å². The van der Waals surface area contributed by atoms with Crippen LogP contribution in [0.25, 0.3) is 0 Å². The van der Waals surface area contributed by atoms with Gasteiger partial charge in [0.25, 0.3) is 11.6 Å². The maximum absolute atomic E-state index is 13.6. The van der Waals surface area contributed by atoms with Crippen LogP contribution < -0.4 is 11.1 Å². The normalized spacial score (nSPS) is 13.4. The number of nitrogen functional groups attached to an aromatic ring is 1. The Morgan fingerprint density at radius 3 is 1.74 bits per heavy atom. The summed E-state index contributed by atoms with van der Waals surface area (Å²) >= 11 is 0. The number of nitro groups is 1. The minimum Gasteiger partial charge on any atom is -0.391 e. The van der Waals surface area contributed by atoms with Crippen molar-refractivity contribution in [1.82, 2.24) is 0 Å². The summed E-state index contributed by atoms with van der Waals surface area (Å²) in [5.74, 6) is -3.48. The zero-order valence-corrected chi connectivity index (χ0v) is 12.2. The molecule has 1 rings (SSSR count). The lowest BCUT2D eigenvalue weighted by Crippen LogP contribution is -2.61. The third kappa shape index (κ3) is 3.97. The predicted octanol–water partition coefficient (Wildman–Crippen LogP) is 3.97. The van der Waals surface area contributed by atoms with E-state index in [1.807, 2.05) is 0 Å². The van der Waals surface area contributed by atoms with E-state index in [0.717, 1.165) is 0 Å². The number of nitrogens with one attached hydrogen (secondary N) is 1. The van der Waals surface area contributed by atoms with E-state index in [9.17, 15) is 58.8 Å². The van der Waals surface area contributed by atoms with E-state index in [1.54, 1.807) is 0 Å². The van der Waals surface area contributed by atoms with Crippen molar-refractivity contribution in [3.8, 4) is 0 Å². The summed E-state index contributed by atoms with van der Waals surface area (Å²) in [6.45, 7) is 0. The molecule has 0 radical (unpaired) electrons. The molecule has 0 heterocycles. The van der Waals surface area contributed by atoms with Gasteiger partial charge >= 0.3 is 24.2 Å². The number of halogens is 10. The Morgan fingerprint density at radius 2 is 1.41 bits per heavy atom. The number of carbonyl (C=O) groups is 1. The highest BCUT2D eigenvalue weighted by Gasteiger charge is 2.77. The molecule has 0 fully saturated rings. The number of hydrogen-bond donors (Lipinski definition) is 2. The highest BCUT2D eigenvalue weighted by molar-refractivity contribution is 6.01. The van der Waals surface area contributed by atoms with Crippen molar-refractivity contribution in [3.63, 3.8) is 0 Å². The Morgan fingerprint density at radius 1 is 0.963 bits per heavy atom. The molecule has 0 atom stereocenters. The zero-order chi connectivity index (χ0) is 21.6. The average molecular weight is 417 g/mol. The van der Waals surface area contributed by atoms with Crippen molar-refractivity contribution in [2.24, 2.45) is 0 Å². The van der Waals surface area contributed by atoms with Crippen molar-refractivity contribution in [2.75, 3.05) is 11.1 Å². The summed E-state index contributed by atoms with van der Waals surface area (Å²) in [4.78, 5) is 20.4. The van der Waals surface area contributed by atoms with Gasteiger partial charge in [0.1, 0.15) is 5.69 Å². The number of nitrogens with two attached hydrogens (primary N) is 1. The molecule has 0 spiro atoms. The van der Waals surface area contributed by atoms with Crippen LogP contribution in [0.1, 0.15) is 5.56 Å². The molecule has 0 bridgehead atoms. The molecule has 1 aromatic rings. The van der Waals surface area contributed by atoms with Gasteiger partial charge in [-0.2, -0.15) is 39.5 Å². The van der Waals surface area contributed by atoms with Gasteiger partial charge in [-0.1, -0.05) is 0 Å². The summed E-state index contributed by atoms with van der Waals surface area (Å²) in [5, 5.41) is 11.3. The van der Waals surface area contributed by atoms with Crippen molar-refractivity contribution < 1.29 is 53.6 Å². The van der Waals surface area contributed by atoms with Gasteiger partial charge in [0.05, 0.1) is 16.2 Å². The van der Waals surface area contributed by atoms with Gasteiger partial charge in [0.15, 0.2) is 0 Å². The molecule has 0 saturated heterocycles. The Labute approximate surface area is 141 Å². The highest BCUT2D eigenvalue weighted by Crippen LogP contribution is 2.47. The monoisotopic (exact) mass is 417 g/mol. The molecular weight excluding hydrogens is 412 g/mol. The fourth-order valence-electron chi connectivity index (χ4n) is 1.68. The van der Waals surface area contributed by atoms with Gasteiger partial charge in [-0.05, 0) is 6.07 Å². The molecule has 6 nitrogen and oxygen atoms in total. The van der Waals surface area contributed by atoms with Crippen LogP contribution in [0.2, 0.25) is 0 Å². The number of carbonyl (C=O) groups excluding carboxylic acids is 1. The van der Waals surface area contributed by atoms with Gasteiger partial charge in [-0.15, -0.1) is 0 Å². The van der Waals surface area contributed by atoms with Crippen LogP contribution >= 0.6 is 0 Å². The number of anilines is 2. The first-order valence-electron chi connectivity index (χ1n) is 6.13. The lowest BCUT2D eigenvalue weighted by Gasteiger charge is -2.28. The summed E-state index contributed by atoms with van der Waals surface area (Å²) in [6.07, 6.45) is -19.1. The number of rotatable bonds is 3. The number of benzene rings is 1. The molecule has 27 heavy (non-hydrogen) atoms. The van der Waals surface area contributed by atoms with Gasteiger partial charge in [-0.3, -0.25) is 14.9 Å². The third-order valence-corrected chi connectivity index (χ3v) is 3.02. The first kappa shape index (κ1) is 22.2. The maximum atomic E-state index is 13.6. The van der Waals surface area contributed by atoms with E-state index in [1.165, 1.54) is 0 Å². The largest absolute Gasteiger partial charge is 0.441 e. The average Bonchev–Trinajstić information content (AvgIpc) is 2.44. The molecule has 3 N–H and O–H groups in total. The lowest BCUT2D eigenvalue weighted by atomic mass is 10.0. The summed E-state index contributed by atoms with van der Waals surface area (Å²) < 4.78 is 126. The lowest BCUT2D eigenvalue weighted by molar-refractivity contribution is -0.384. The molecule has 1 amide bonds. The second kappa shape index (κ2) is 6.41. The number of hydrogen-bond acceptors (Lipinski definition) is 4. The molecule has 0 saturated carbocycles. The van der Waals surface area contributed by atoms with Crippen LogP contribution in [0.4, 0.5) is 61.0 Å². The van der Waals surface area contributed by atoms with E-state index in [4.69, 9.17) is 5.73 Å². The molecule has 1 aromatic carbocycles. The van der Waals surface area contributed by atoms with E-state index < -0.39 is 57.7 Å². The van der Waals surface area contributed by atoms with Gasteiger partial charge in [0.2, 0.25) is 0 Å². The molecule has 0 aliphatic rings. The van der Waals surface area contributed by atoms with E-state index in [0.29, 0.717) is 5.32 Å². The quantitative estimate of drug-likeness (QED) is 0.337. The Bertz CT molecular complexity index is 755. The van der Waals surface area contributed by atoms with E-state index in [2.05, 4.69) is 0 Å². The second-order valence-corrected chi connectivity index (χ2v) is 4.82. The van der Waals surface area contributed by atoms with Crippen LogP contribution in [0.3, 0.4) is 0 Å². The Kier molecular flexibility index (Phi) is 5.28. The topological polar surface area (TPSA) is 98.3 Å². The van der Waals surface area contributed by atoms with Crippen LogP contribution in [0.15, 0.2) is 12.1 Å². The van der Waals surface area contributed by atoms with Gasteiger partial charge in [0, 0.05) is 6.07 Å². The molecular formula is C11H5F10N3O3. The molecule has 16 heteroatoms. The minimum atomic E-state index is -6.85. The fraction of sp³-hybridized carbons (Fsp3) is 0.364. The molecule has 0 unspecified atom stereocenters. The number of amides is 1. The Hall–Kier alpha value is -2.81. The molecule has 0 aromatic heterocycles. The first-order chi connectivity index (χ1) is 11.8. The number of nitro benzene ring substituents is 1. The van der Waals surface area contributed by atoms with Crippen molar-refractivity contribution in [3.05, 3.63) is 27.8 Å². The fourth-order valence-corrected chi connectivity index (χ4v) is 1.68. The summed E-state index contributed by atoms with van der Waals surface area (Å²) in [5.41, 5.74) is -8.15. The van der Waals surface area contributed by atoms with Crippen LogP contribution in [0.5, 0.6) is 0 Å². The van der Waals surface area contributed by atoms with Gasteiger partial charge < -0.3 is 11.1 Å². The second-order valence-electron chi connectivity index (χ2n) is 4.82. The summed E-state index contributed by atoms with van der Waals surface area (Å²) in [7, 11) is 0. The smallest absolute Gasteiger partial charge is 0.391 e. The van der Waals surface area contributed by atoms with Crippen LogP contribution in [-0.4, -0.2) is 28.9 Å². The first-order valence-corrected chi connectivity index (χ1v) is 6.13. The molecule has 0 aliphatic carbocycles. The zero-order valence-electron chi connectivity index (χ0n) is 12.2. The maximum Gasteiger partial charge on any atom is 0.441 e. The highest BCUT2D eigenvalue weighted by atomic mass is 19.4. The Balaban J connectivity index is 3.57.